The molecule has 74 valence electrons. The third-order valence-corrected chi connectivity index (χ3v) is 2.38. The molecule has 0 spiro atoms. The molecule has 0 unspecified atom stereocenters. The molecular formula is C3H6Na2O7S2. The summed E-state index contributed by atoms with van der Waals surface area (Å²) in [6, 6.07) is 0. The Hall–Kier alpha value is 1.78. The molecule has 0 amide bonds. The topological polar surface area (TPSA) is 135 Å². The summed E-state index contributed by atoms with van der Waals surface area (Å²) in [4.78, 5) is 0. The smallest absolute Gasteiger partial charge is 0.748 e. The van der Waals surface area contributed by atoms with Crippen molar-refractivity contribution in [3.63, 3.8) is 0 Å². The first-order valence-electron chi connectivity index (χ1n) is 2.65. The SMILES string of the molecule is O=S(=O)([O-])CC(O)CS(=O)(=O)[O-].[Na+].[Na+]. The number of hydrogen-bond acceptors (Lipinski definition) is 7. The average molecular weight is 264 g/mol. The van der Waals surface area contributed by atoms with Crippen molar-refractivity contribution in [2.45, 2.75) is 6.10 Å². The van der Waals surface area contributed by atoms with Gasteiger partial charge in [-0.25, -0.2) is 16.8 Å². The Morgan fingerprint density at radius 3 is 1.29 bits per heavy atom. The summed E-state index contributed by atoms with van der Waals surface area (Å²) in [5.41, 5.74) is 0. The summed E-state index contributed by atoms with van der Waals surface area (Å²) in [5, 5.41) is 8.56. The fraction of sp³-hybridized carbons (Fsp3) is 1.00. The van der Waals surface area contributed by atoms with Gasteiger partial charge in [0.2, 0.25) is 0 Å². The monoisotopic (exact) mass is 264 g/mol. The van der Waals surface area contributed by atoms with E-state index < -0.39 is 37.8 Å². The number of rotatable bonds is 4. The van der Waals surface area contributed by atoms with Gasteiger partial charge in [-0.15, -0.1) is 0 Å². The van der Waals surface area contributed by atoms with E-state index in [1.54, 1.807) is 0 Å². The number of aliphatic hydroxyl groups is 1. The first kappa shape index (κ1) is 21.1. The zero-order valence-electron chi connectivity index (χ0n) is 7.70. The Bertz CT molecular complexity index is 298. The summed E-state index contributed by atoms with van der Waals surface area (Å²) in [7, 11) is -9.40. The van der Waals surface area contributed by atoms with E-state index in [4.69, 9.17) is 5.11 Å². The minimum atomic E-state index is -4.70. The van der Waals surface area contributed by atoms with Gasteiger partial charge in [0, 0.05) is 0 Å². The maximum absolute atomic E-state index is 9.92. The fourth-order valence-corrected chi connectivity index (χ4v) is 1.85. The Kier molecular flexibility index (Phi) is 12.0. The second-order valence-corrected chi connectivity index (χ2v) is 5.00. The zero-order valence-corrected chi connectivity index (χ0v) is 13.3. The van der Waals surface area contributed by atoms with Crippen molar-refractivity contribution < 1.29 is 90.2 Å². The molecule has 0 aliphatic carbocycles. The molecule has 0 rings (SSSR count). The van der Waals surface area contributed by atoms with Crippen LogP contribution >= 0.6 is 0 Å². The van der Waals surface area contributed by atoms with E-state index in [2.05, 4.69) is 0 Å². The first-order chi connectivity index (χ1) is 5.10. The third-order valence-electron chi connectivity index (χ3n) is 0.793. The van der Waals surface area contributed by atoms with E-state index in [1.807, 2.05) is 0 Å². The van der Waals surface area contributed by atoms with Gasteiger partial charge in [-0.2, -0.15) is 0 Å². The normalized spacial score (nSPS) is 11.7. The molecule has 0 aromatic carbocycles. The first-order valence-corrected chi connectivity index (χ1v) is 5.81. The van der Waals surface area contributed by atoms with Gasteiger partial charge in [-0.1, -0.05) is 0 Å². The van der Waals surface area contributed by atoms with Crippen LogP contribution in [0, 0.1) is 0 Å². The summed E-state index contributed by atoms with van der Waals surface area (Å²) in [5.74, 6) is -2.54. The Balaban J connectivity index is -0.000000605. The van der Waals surface area contributed by atoms with Crippen LogP contribution < -0.4 is 59.1 Å². The molecule has 1 N–H and O–H groups in total. The predicted molar refractivity (Wildman–Crippen MR) is 35.1 cm³/mol. The van der Waals surface area contributed by atoms with Gasteiger partial charge in [0.1, 0.15) is 0 Å². The van der Waals surface area contributed by atoms with Crippen molar-refractivity contribution in [1.29, 1.82) is 0 Å². The maximum Gasteiger partial charge on any atom is 1.00 e. The summed E-state index contributed by atoms with van der Waals surface area (Å²) in [6.45, 7) is 0. The second-order valence-electron chi connectivity index (χ2n) is 2.10. The van der Waals surface area contributed by atoms with Gasteiger partial charge in [0.05, 0.1) is 37.8 Å². The van der Waals surface area contributed by atoms with Crippen LogP contribution in [0.25, 0.3) is 0 Å². The van der Waals surface area contributed by atoms with Crippen LogP contribution in [0.15, 0.2) is 0 Å². The van der Waals surface area contributed by atoms with Gasteiger partial charge in [0.15, 0.2) is 0 Å². The van der Waals surface area contributed by atoms with Crippen LogP contribution in [0.4, 0.5) is 0 Å². The third kappa shape index (κ3) is 16.2. The minimum Gasteiger partial charge on any atom is -0.748 e. The van der Waals surface area contributed by atoms with E-state index in [1.165, 1.54) is 0 Å². The largest absolute Gasteiger partial charge is 1.00 e. The molecule has 7 nitrogen and oxygen atoms in total. The van der Waals surface area contributed by atoms with Crippen LogP contribution in [-0.4, -0.2) is 48.7 Å². The van der Waals surface area contributed by atoms with Crippen LogP contribution in [0.3, 0.4) is 0 Å². The molecule has 0 radical (unpaired) electrons. The fourth-order valence-electron chi connectivity index (χ4n) is 0.519. The molecule has 11 heteroatoms. The van der Waals surface area contributed by atoms with Gasteiger partial charge < -0.3 is 14.2 Å². The summed E-state index contributed by atoms with van der Waals surface area (Å²) in [6.07, 6.45) is -1.95. The molecule has 0 aliphatic heterocycles. The Morgan fingerprint density at radius 1 is 0.929 bits per heavy atom. The molecule has 0 saturated carbocycles. The van der Waals surface area contributed by atoms with Gasteiger partial charge >= 0.3 is 59.1 Å². The van der Waals surface area contributed by atoms with E-state index in [-0.39, 0.29) is 59.1 Å². The van der Waals surface area contributed by atoms with Crippen molar-refractivity contribution >= 4 is 20.2 Å². The molecule has 0 saturated heterocycles. The van der Waals surface area contributed by atoms with Crippen LogP contribution in [0.2, 0.25) is 0 Å². The van der Waals surface area contributed by atoms with Crippen LogP contribution in [0.5, 0.6) is 0 Å². The van der Waals surface area contributed by atoms with E-state index in [9.17, 15) is 25.9 Å². The molecule has 0 bridgehead atoms. The van der Waals surface area contributed by atoms with E-state index in [0.29, 0.717) is 0 Å². The molecule has 0 aromatic heterocycles. The Labute approximate surface area is 126 Å². The number of aliphatic hydroxyl groups excluding tert-OH is 1. The second kappa shape index (κ2) is 7.96. The maximum atomic E-state index is 9.92. The van der Waals surface area contributed by atoms with Gasteiger partial charge in [-0.05, 0) is 0 Å². The summed E-state index contributed by atoms with van der Waals surface area (Å²) >= 11 is 0. The quantitative estimate of drug-likeness (QED) is 0.393. The molecular weight excluding hydrogens is 258 g/mol. The van der Waals surface area contributed by atoms with Crippen molar-refractivity contribution in [1.82, 2.24) is 0 Å². The molecule has 0 aliphatic rings. The molecule has 0 heterocycles. The van der Waals surface area contributed by atoms with E-state index >= 15 is 0 Å². The van der Waals surface area contributed by atoms with E-state index in [0.717, 1.165) is 0 Å². The van der Waals surface area contributed by atoms with Crippen molar-refractivity contribution in [3.05, 3.63) is 0 Å². The average Bonchev–Trinajstić information content (AvgIpc) is 1.49. The van der Waals surface area contributed by atoms with Crippen LogP contribution in [-0.2, 0) is 20.2 Å². The van der Waals surface area contributed by atoms with Gasteiger partial charge in [-0.3, -0.25) is 0 Å². The predicted octanol–water partition coefficient (Wildman–Crippen LogP) is -8.55. The van der Waals surface area contributed by atoms with Gasteiger partial charge in [0.25, 0.3) is 0 Å². The van der Waals surface area contributed by atoms with Crippen molar-refractivity contribution in [2.75, 3.05) is 11.5 Å². The standard InChI is InChI=1S/C3H8O7S2.2Na/c4-3(1-11(5,6)7)2-12(8,9)10;;/h3-4H,1-2H2,(H,5,6,7)(H,8,9,10);;/q;2*+1/p-2. The minimum absolute atomic E-state index is 0. The molecule has 14 heavy (non-hydrogen) atoms. The number of hydrogen-bond donors (Lipinski definition) is 1. The van der Waals surface area contributed by atoms with Crippen molar-refractivity contribution in [3.8, 4) is 0 Å². The Morgan fingerprint density at radius 2 is 1.14 bits per heavy atom. The summed E-state index contributed by atoms with van der Waals surface area (Å²) < 4.78 is 59.5. The molecule has 0 fully saturated rings. The molecule has 0 aromatic rings. The van der Waals surface area contributed by atoms with Crippen molar-refractivity contribution in [2.24, 2.45) is 0 Å². The van der Waals surface area contributed by atoms with Crippen LogP contribution in [0.1, 0.15) is 0 Å². The molecule has 0 atom stereocenters. The zero-order chi connectivity index (χ0) is 9.99.